The molecular formula is C21H34N4O2. The number of phenolic OH excluding ortho intramolecular Hbond substituents is 1. The Bertz CT molecular complexity index is 692. The lowest BCUT2D eigenvalue weighted by Gasteiger charge is -2.25. The van der Waals surface area contributed by atoms with Crippen molar-refractivity contribution in [1.29, 1.82) is 0 Å². The van der Waals surface area contributed by atoms with Crippen molar-refractivity contribution in [2.45, 2.75) is 65.5 Å². The molecule has 0 fully saturated rings. The molecule has 1 aromatic rings. The number of likely N-dealkylation sites (N-methyl/N-ethyl adjacent to an activating group) is 1. The molecule has 0 aromatic heterocycles. The summed E-state index contributed by atoms with van der Waals surface area (Å²) < 4.78 is 0. The summed E-state index contributed by atoms with van der Waals surface area (Å²) in [5.41, 5.74) is 3.22. The molecular weight excluding hydrogens is 340 g/mol. The monoisotopic (exact) mass is 374 g/mol. The van der Waals surface area contributed by atoms with Gasteiger partial charge in [-0.1, -0.05) is 6.07 Å². The number of nitrogens with zero attached hydrogens (tertiary/aromatic N) is 2. The lowest BCUT2D eigenvalue weighted by atomic mass is 9.88. The van der Waals surface area contributed by atoms with Crippen LogP contribution in [0.4, 0.5) is 0 Å². The molecule has 1 amide bonds. The fourth-order valence-corrected chi connectivity index (χ4v) is 3.44. The van der Waals surface area contributed by atoms with Gasteiger partial charge in [-0.25, -0.2) is 4.99 Å². The van der Waals surface area contributed by atoms with Crippen LogP contribution in [0.2, 0.25) is 0 Å². The van der Waals surface area contributed by atoms with Crippen LogP contribution in [0.1, 0.15) is 57.2 Å². The Labute approximate surface area is 163 Å². The number of fused-ring (bicyclic) bond motifs is 1. The molecule has 1 aliphatic carbocycles. The van der Waals surface area contributed by atoms with Crippen molar-refractivity contribution < 1.29 is 9.90 Å². The molecule has 0 bridgehead atoms. The number of guanidine groups is 1. The summed E-state index contributed by atoms with van der Waals surface area (Å²) in [6.45, 7) is 9.23. The number of benzene rings is 1. The van der Waals surface area contributed by atoms with Crippen molar-refractivity contribution in [3.8, 4) is 5.75 Å². The number of hydrogen-bond donors (Lipinski definition) is 3. The zero-order valence-corrected chi connectivity index (χ0v) is 17.4. The second-order valence-electron chi connectivity index (χ2n) is 8.23. The highest BCUT2D eigenvalue weighted by Crippen LogP contribution is 2.31. The van der Waals surface area contributed by atoms with Crippen LogP contribution in [0.5, 0.6) is 5.75 Å². The van der Waals surface area contributed by atoms with Gasteiger partial charge in [0, 0.05) is 24.7 Å². The molecule has 2 rings (SSSR count). The minimum absolute atomic E-state index is 0.0458. The fourth-order valence-electron chi connectivity index (χ4n) is 3.44. The molecule has 6 heteroatoms. The average Bonchev–Trinajstić information content (AvgIpc) is 2.58. The van der Waals surface area contributed by atoms with Gasteiger partial charge < -0.3 is 20.6 Å². The van der Waals surface area contributed by atoms with Crippen LogP contribution < -0.4 is 10.6 Å². The first-order valence-electron chi connectivity index (χ1n) is 9.84. The Morgan fingerprint density at radius 3 is 2.63 bits per heavy atom. The summed E-state index contributed by atoms with van der Waals surface area (Å²) in [5, 5.41) is 16.6. The third-order valence-corrected chi connectivity index (χ3v) is 4.60. The second-order valence-corrected chi connectivity index (χ2v) is 8.23. The van der Waals surface area contributed by atoms with Gasteiger partial charge in [-0.2, -0.15) is 0 Å². The number of carbonyl (C=O) groups excluding carboxylic acids is 1. The molecule has 0 saturated carbocycles. The van der Waals surface area contributed by atoms with E-state index in [4.69, 9.17) is 4.99 Å². The third kappa shape index (κ3) is 6.15. The van der Waals surface area contributed by atoms with E-state index in [0.29, 0.717) is 24.8 Å². The highest BCUT2D eigenvalue weighted by molar-refractivity contribution is 5.86. The van der Waals surface area contributed by atoms with Gasteiger partial charge in [0.2, 0.25) is 5.91 Å². The molecule has 0 unspecified atom stereocenters. The van der Waals surface area contributed by atoms with E-state index in [0.717, 1.165) is 24.8 Å². The van der Waals surface area contributed by atoms with Crippen molar-refractivity contribution in [2.75, 3.05) is 20.1 Å². The first-order chi connectivity index (χ1) is 12.7. The first kappa shape index (κ1) is 21.1. The van der Waals surface area contributed by atoms with Crippen LogP contribution in [0.15, 0.2) is 17.1 Å². The van der Waals surface area contributed by atoms with E-state index >= 15 is 0 Å². The van der Waals surface area contributed by atoms with E-state index in [1.807, 2.05) is 45.7 Å². The average molecular weight is 375 g/mol. The van der Waals surface area contributed by atoms with Crippen LogP contribution in [-0.4, -0.2) is 47.5 Å². The van der Waals surface area contributed by atoms with E-state index in [1.165, 1.54) is 17.5 Å². The molecule has 0 saturated heterocycles. The number of hydrogen-bond acceptors (Lipinski definition) is 3. The van der Waals surface area contributed by atoms with Gasteiger partial charge in [-0.3, -0.25) is 4.79 Å². The van der Waals surface area contributed by atoms with Gasteiger partial charge in [-0.05, 0) is 70.6 Å². The Morgan fingerprint density at radius 2 is 1.96 bits per heavy atom. The standard InChI is InChI=1S/C21H34N4O2/c1-6-22-20(25(5)14-19(27)24-21(2,3)4)23-13-17-16-10-8-7-9-15(16)11-12-18(17)26/h11-12,26H,6-10,13-14H2,1-5H3,(H,22,23)(H,24,27). The summed E-state index contributed by atoms with van der Waals surface area (Å²) in [6, 6.07) is 3.81. The number of aryl methyl sites for hydroxylation is 1. The van der Waals surface area contributed by atoms with Crippen molar-refractivity contribution in [2.24, 2.45) is 4.99 Å². The van der Waals surface area contributed by atoms with E-state index in [1.54, 1.807) is 6.07 Å². The Hall–Kier alpha value is -2.24. The van der Waals surface area contributed by atoms with Crippen LogP contribution in [0.25, 0.3) is 0 Å². The Kier molecular flexibility index (Phi) is 7.11. The van der Waals surface area contributed by atoms with Gasteiger partial charge in [0.15, 0.2) is 5.96 Å². The van der Waals surface area contributed by atoms with Crippen LogP contribution in [0.3, 0.4) is 0 Å². The zero-order chi connectivity index (χ0) is 20.0. The largest absolute Gasteiger partial charge is 0.508 e. The van der Waals surface area contributed by atoms with Gasteiger partial charge in [0.1, 0.15) is 5.75 Å². The van der Waals surface area contributed by atoms with Gasteiger partial charge in [0.25, 0.3) is 0 Å². The molecule has 1 aliphatic rings. The Balaban J connectivity index is 2.15. The van der Waals surface area contributed by atoms with Crippen molar-refractivity contribution >= 4 is 11.9 Å². The smallest absolute Gasteiger partial charge is 0.240 e. The highest BCUT2D eigenvalue weighted by Gasteiger charge is 2.18. The number of aromatic hydroxyl groups is 1. The minimum atomic E-state index is -0.262. The van der Waals surface area contributed by atoms with Crippen molar-refractivity contribution in [3.63, 3.8) is 0 Å². The summed E-state index contributed by atoms with van der Waals surface area (Å²) in [6.07, 6.45) is 4.42. The van der Waals surface area contributed by atoms with Crippen LogP contribution in [-0.2, 0) is 24.2 Å². The molecule has 3 N–H and O–H groups in total. The van der Waals surface area contributed by atoms with E-state index in [-0.39, 0.29) is 18.0 Å². The number of phenols is 1. The molecule has 0 aliphatic heterocycles. The quantitative estimate of drug-likeness (QED) is 0.547. The normalized spacial score (nSPS) is 14.5. The lowest BCUT2D eigenvalue weighted by molar-refractivity contribution is -0.122. The predicted molar refractivity (Wildman–Crippen MR) is 110 cm³/mol. The SMILES string of the molecule is CCNC(=NCc1c(O)ccc2c1CCCC2)N(C)CC(=O)NC(C)(C)C. The maximum Gasteiger partial charge on any atom is 0.240 e. The summed E-state index contributed by atoms with van der Waals surface area (Å²) >= 11 is 0. The van der Waals surface area contributed by atoms with Crippen LogP contribution >= 0.6 is 0 Å². The van der Waals surface area contributed by atoms with E-state index < -0.39 is 0 Å². The van der Waals surface area contributed by atoms with Gasteiger partial charge in [-0.15, -0.1) is 0 Å². The van der Waals surface area contributed by atoms with E-state index in [9.17, 15) is 9.90 Å². The minimum Gasteiger partial charge on any atom is -0.508 e. The number of nitrogens with one attached hydrogen (secondary N) is 2. The number of amides is 1. The maximum atomic E-state index is 12.2. The molecule has 6 nitrogen and oxygen atoms in total. The third-order valence-electron chi connectivity index (χ3n) is 4.60. The molecule has 0 spiro atoms. The van der Waals surface area contributed by atoms with Crippen molar-refractivity contribution in [3.05, 3.63) is 28.8 Å². The molecule has 0 radical (unpaired) electrons. The lowest BCUT2D eigenvalue weighted by Crippen LogP contribution is -2.48. The van der Waals surface area contributed by atoms with Gasteiger partial charge in [0.05, 0.1) is 13.1 Å². The first-order valence-corrected chi connectivity index (χ1v) is 9.84. The van der Waals surface area contributed by atoms with Crippen LogP contribution in [0, 0.1) is 0 Å². The number of rotatable bonds is 5. The second kappa shape index (κ2) is 9.11. The molecule has 27 heavy (non-hydrogen) atoms. The molecule has 0 heterocycles. The number of aliphatic imine (C=N–C) groups is 1. The molecule has 0 atom stereocenters. The Morgan fingerprint density at radius 1 is 1.26 bits per heavy atom. The van der Waals surface area contributed by atoms with Crippen molar-refractivity contribution in [1.82, 2.24) is 15.5 Å². The fraction of sp³-hybridized carbons (Fsp3) is 0.619. The molecule has 1 aromatic carbocycles. The highest BCUT2D eigenvalue weighted by atomic mass is 16.3. The topological polar surface area (TPSA) is 77.0 Å². The summed E-state index contributed by atoms with van der Waals surface area (Å²) in [4.78, 5) is 18.7. The van der Waals surface area contributed by atoms with E-state index in [2.05, 4.69) is 10.6 Å². The summed E-state index contributed by atoms with van der Waals surface area (Å²) in [5.74, 6) is 0.924. The zero-order valence-electron chi connectivity index (χ0n) is 17.4. The summed E-state index contributed by atoms with van der Waals surface area (Å²) in [7, 11) is 1.85. The molecule has 150 valence electrons. The number of carbonyl (C=O) groups is 1. The van der Waals surface area contributed by atoms with Gasteiger partial charge >= 0.3 is 0 Å². The maximum absolute atomic E-state index is 12.2. The predicted octanol–water partition coefficient (Wildman–Crippen LogP) is 2.58.